The first kappa shape index (κ1) is 14.1. The first-order chi connectivity index (χ1) is 12.2. The lowest BCUT2D eigenvalue weighted by molar-refractivity contribution is 0.102. The second-order valence-electron chi connectivity index (χ2n) is 6.15. The topological polar surface area (TPSA) is 69.6 Å². The largest absolute Gasteiger partial charge is 0.454 e. The van der Waals surface area contributed by atoms with Gasteiger partial charge in [0, 0.05) is 29.9 Å². The number of carbonyl (C=O) groups excluding carboxylic acids is 1. The predicted octanol–water partition coefficient (Wildman–Crippen LogP) is 2.54. The SMILES string of the molecule is O=C(Nc1ccc2c(c1)OCO2)c1cn2c3c(cccc3c1=O)CC2. The molecule has 0 spiro atoms. The van der Waals surface area contributed by atoms with E-state index in [4.69, 9.17) is 9.47 Å². The second-order valence-corrected chi connectivity index (χ2v) is 6.15. The van der Waals surface area contributed by atoms with Crippen molar-refractivity contribution in [1.82, 2.24) is 4.57 Å². The molecule has 0 aliphatic carbocycles. The number of anilines is 1. The highest BCUT2D eigenvalue weighted by molar-refractivity contribution is 6.06. The lowest BCUT2D eigenvalue weighted by Crippen LogP contribution is -2.23. The van der Waals surface area contributed by atoms with Crippen molar-refractivity contribution in [1.29, 1.82) is 0 Å². The van der Waals surface area contributed by atoms with Crippen LogP contribution in [0.1, 0.15) is 15.9 Å². The normalized spacial score (nSPS) is 14.1. The van der Waals surface area contributed by atoms with Crippen molar-refractivity contribution in [3.63, 3.8) is 0 Å². The summed E-state index contributed by atoms with van der Waals surface area (Å²) in [6, 6.07) is 10.8. The summed E-state index contributed by atoms with van der Waals surface area (Å²) in [7, 11) is 0. The average Bonchev–Trinajstić information content (AvgIpc) is 3.25. The van der Waals surface area contributed by atoms with E-state index in [9.17, 15) is 9.59 Å². The van der Waals surface area contributed by atoms with Gasteiger partial charge in [-0.15, -0.1) is 0 Å². The molecule has 0 unspecified atom stereocenters. The number of nitrogens with one attached hydrogen (secondary N) is 1. The third kappa shape index (κ3) is 2.11. The summed E-state index contributed by atoms with van der Waals surface area (Å²) in [6.07, 6.45) is 2.54. The Balaban J connectivity index is 1.55. The minimum Gasteiger partial charge on any atom is -0.454 e. The molecule has 25 heavy (non-hydrogen) atoms. The number of hydrogen-bond donors (Lipinski definition) is 1. The van der Waals surface area contributed by atoms with E-state index < -0.39 is 5.91 Å². The molecular weight excluding hydrogens is 320 g/mol. The Morgan fingerprint density at radius 2 is 2.00 bits per heavy atom. The third-order valence-electron chi connectivity index (χ3n) is 4.68. The van der Waals surface area contributed by atoms with Gasteiger partial charge in [-0.1, -0.05) is 12.1 Å². The van der Waals surface area contributed by atoms with Crippen LogP contribution in [0.25, 0.3) is 10.9 Å². The van der Waals surface area contributed by atoms with Gasteiger partial charge in [0.15, 0.2) is 11.5 Å². The highest BCUT2D eigenvalue weighted by Crippen LogP contribution is 2.34. The number of aryl methyl sites for hydroxylation is 2. The van der Waals surface area contributed by atoms with E-state index in [2.05, 4.69) is 5.32 Å². The van der Waals surface area contributed by atoms with E-state index in [0.29, 0.717) is 22.6 Å². The maximum atomic E-state index is 12.8. The van der Waals surface area contributed by atoms with Gasteiger partial charge in [0.05, 0.1) is 5.52 Å². The number of pyridine rings is 1. The molecule has 6 heteroatoms. The lowest BCUT2D eigenvalue weighted by Gasteiger charge is -2.09. The molecule has 0 saturated carbocycles. The van der Waals surface area contributed by atoms with Crippen LogP contribution in [0.3, 0.4) is 0 Å². The van der Waals surface area contributed by atoms with Gasteiger partial charge in [0.25, 0.3) is 5.91 Å². The van der Waals surface area contributed by atoms with Crippen molar-refractivity contribution in [2.75, 3.05) is 12.1 Å². The van der Waals surface area contributed by atoms with Crippen LogP contribution in [-0.2, 0) is 13.0 Å². The lowest BCUT2D eigenvalue weighted by atomic mass is 10.1. The standard InChI is InChI=1S/C19H14N2O4/c22-18-13-3-1-2-11-6-7-21(17(11)13)9-14(18)19(23)20-12-4-5-15-16(8-12)25-10-24-15/h1-5,8-9H,6-7,10H2,(H,20,23). The van der Waals surface area contributed by atoms with Crippen LogP contribution in [0.5, 0.6) is 11.5 Å². The number of aromatic nitrogens is 1. The summed E-state index contributed by atoms with van der Waals surface area (Å²) in [5.41, 5.74) is 2.55. The molecule has 6 nitrogen and oxygen atoms in total. The summed E-state index contributed by atoms with van der Waals surface area (Å²) in [4.78, 5) is 25.4. The number of ether oxygens (including phenoxy) is 2. The van der Waals surface area contributed by atoms with Gasteiger partial charge >= 0.3 is 0 Å². The fourth-order valence-corrected chi connectivity index (χ4v) is 3.49. The van der Waals surface area contributed by atoms with Crippen LogP contribution in [0.15, 0.2) is 47.4 Å². The van der Waals surface area contributed by atoms with Crippen LogP contribution >= 0.6 is 0 Å². The van der Waals surface area contributed by atoms with E-state index >= 15 is 0 Å². The molecule has 2 aliphatic heterocycles. The van der Waals surface area contributed by atoms with Gasteiger partial charge in [-0.3, -0.25) is 9.59 Å². The van der Waals surface area contributed by atoms with Gasteiger partial charge in [-0.25, -0.2) is 0 Å². The minimum absolute atomic E-state index is 0.143. The molecule has 2 aromatic carbocycles. The van der Waals surface area contributed by atoms with E-state index in [1.54, 1.807) is 30.5 Å². The predicted molar refractivity (Wildman–Crippen MR) is 92.4 cm³/mol. The maximum Gasteiger partial charge on any atom is 0.261 e. The first-order valence-corrected chi connectivity index (χ1v) is 8.07. The third-order valence-corrected chi connectivity index (χ3v) is 4.68. The van der Waals surface area contributed by atoms with Crippen LogP contribution in [0, 0.1) is 0 Å². The average molecular weight is 334 g/mol. The van der Waals surface area contributed by atoms with E-state index in [0.717, 1.165) is 24.0 Å². The number of fused-ring (bicyclic) bond motifs is 1. The molecule has 3 heterocycles. The van der Waals surface area contributed by atoms with E-state index in [1.807, 2.05) is 16.7 Å². The van der Waals surface area contributed by atoms with E-state index in [-0.39, 0.29) is 17.8 Å². The number of hydrogen-bond acceptors (Lipinski definition) is 4. The fraction of sp³-hybridized carbons (Fsp3) is 0.158. The second kappa shape index (κ2) is 5.11. The molecule has 124 valence electrons. The van der Waals surface area contributed by atoms with Crippen LogP contribution < -0.4 is 20.2 Å². The number of benzene rings is 2. The zero-order valence-electron chi connectivity index (χ0n) is 13.2. The minimum atomic E-state index is -0.424. The number of nitrogens with zero attached hydrogens (tertiary/aromatic N) is 1. The molecule has 0 fully saturated rings. The Hall–Kier alpha value is -3.28. The fourth-order valence-electron chi connectivity index (χ4n) is 3.49. The number of amides is 1. The van der Waals surface area contributed by atoms with Crippen molar-refractivity contribution >= 4 is 22.5 Å². The van der Waals surface area contributed by atoms with Crippen molar-refractivity contribution < 1.29 is 14.3 Å². The first-order valence-electron chi connectivity index (χ1n) is 8.07. The summed E-state index contributed by atoms with van der Waals surface area (Å²) < 4.78 is 12.6. The number of rotatable bonds is 2. The summed E-state index contributed by atoms with van der Waals surface area (Å²) in [6.45, 7) is 0.949. The monoisotopic (exact) mass is 334 g/mol. The van der Waals surface area contributed by atoms with Gasteiger partial charge < -0.3 is 19.4 Å². The molecule has 0 radical (unpaired) electrons. The zero-order chi connectivity index (χ0) is 17.0. The Morgan fingerprint density at radius 1 is 1.12 bits per heavy atom. The Bertz CT molecular complexity index is 1100. The molecule has 1 N–H and O–H groups in total. The molecule has 2 aliphatic rings. The summed E-state index contributed by atoms with van der Waals surface area (Å²) in [5, 5.41) is 3.37. The Kier molecular flexibility index (Phi) is 2.88. The van der Waals surface area contributed by atoms with Crippen molar-refractivity contribution in [3.05, 3.63) is 63.9 Å². The zero-order valence-corrected chi connectivity index (χ0v) is 13.2. The molecule has 1 amide bonds. The summed E-state index contributed by atoms with van der Waals surface area (Å²) in [5.74, 6) is 0.799. The van der Waals surface area contributed by atoms with Crippen LogP contribution in [0.2, 0.25) is 0 Å². The molecule has 5 rings (SSSR count). The van der Waals surface area contributed by atoms with Gasteiger partial charge in [0.1, 0.15) is 5.56 Å². The summed E-state index contributed by atoms with van der Waals surface area (Å²) >= 11 is 0. The Morgan fingerprint density at radius 3 is 2.92 bits per heavy atom. The number of para-hydroxylation sites is 1. The van der Waals surface area contributed by atoms with E-state index in [1.165, 1.54) is 0 Å². The van der Waals surface area contributed by atoms with Crippen molar-refractivity contribution in [2.45, 2.75) is 13.0 Å². The quantitative estimate of drug-likeness (QED) is 0.782. The van der Waals surface area contributed by atoms with Crippen LogP contribution in [-0.4, -0.2) is 17.3 Å². The molecule has 1 aromatic heterocycles. The van der Waals surface area contributed by atoms with Crippen molar-refractivity contribution in [2.24, 2.45) is 0 Å². The van der Waals surface area contributed by atoms with Crippen molar-refractivity contribution in [3.8, 4) is 11.5 Å². The van der Waals surface area contributed by atoms with Crippen LogP contribution in [0.4, 0.5) is 5.69 Å². The number of carbonyl (C=O) groups is 1. The molecular formula is C19H14N2O4. The van der Waals surface area contributed by atoms with Gasteiger partial charge in [-0.2, -0.15) is 0 Å². The maximum absolute atomic E-state index is 12.8. The molecule has 0 saturated heterocycles. The highest BCUT2D eigenvalue weighted by Gasteiger charge is 2.21. The molecule has 3 aromatic rings. The Labute approximate surface area is 142 Å². The van der Waals surface area contributed by atoms with Gasteiger partial charge in [0.2, 0.25) is 12.2 Å². The molecule has 0 atom stereocenters. The highest BCUT2D eigenvalue weighted by atomic mass is 16.7. The van der Waals surface area contributed by atoms with Gasteiger partial charge in [-0.05, 0) is 30.2 Å². The smallest absolute Gasteiger partial charge is 0.261 e. The molecule has 0 bridgehead atoms.